The first-order valence-corrected chi connectivity index (χ1v) is 7.55. The Bertz CT molecular complexity index is 370. The van der Waals surface area contributed by atoms with E-state index >= 15 is 0 Å². The highest BCUT2D eigenvalue weighted by Gasteiger charge is 2.22. The quantitative estimate of drug-likeness (QED) is 0.834. The number of hydrogen-bond acceptors (Lipinski definition) is 2. The summed E-state index contributed by atoms with van der Waals surface area (Å²) in [5, 5.41) is 4.64. The van der Waals surface area contributed by atoms with Crippen LogP contribution in [0.25, 0.3) is 0 Å². The lowest BCUT2D eigenvalue weighted by Gasteiger charge is -2.21. The van der Waals surface area contributed by atoms with Crippen molar-refractivity contribution in [2.75, 3.05) is 0 Å². The number of nitrogens with zero attached hydrogens (tertiary/aromatic N) is 2. The van der Waals surface area contributed by atoms with Crippen molar-refractivity contribution in [2.24, 2.45) is 11.7 Å². The second kappa shape index (κ2) is 6.37. The Morgan fingerprint density at radius 3 is 2.78 bits per heavy atom. The summed E-state index contributed by atoms with van der Waals surface area (Å²) in [5.74, 6) is 0.652. The maximum absolute atomic E-state index is 6.33. The van der Waals surface area contributed by atoms with Crippen molar-refractivity contribution in [3.8, 4) is 0 Å². The minimum Gasteiger partial charge on any atom is -0.327 e. The van der Waals surface area contributed by atoms with Crippen LogP contribution in [0, 0.1) is 5.92 Å². The van der Waals surface area contributed by atoms with E-state index in [0.29, 0.717) is 12.0 Å². The molecule has 102 valence electrons. The van der Waals surface area contributed by atoms with Gasteiger partial charge in [-0.05, 0) is 44.6 Å². The summed E-state index contributed by atoms with van der Waals surface area (Å²) in [4.78, 5) is 0. The van der Waals surface area contributed by atoms with E-state index in [1.165, 1.54) is 43.5 Å². The summed E-state index contributed by atoms with van der Waals surface area (Å²) in [7, 11) is 0. The monoisotopic (exact) mass is 249 g/mol. The molecule has 3 heteroatoms. The molecule has 0 radical (unpaired) electrons. The number of nitrogens with two attached hydrogens (primary N) is 1. The summed E-state index contributed by atoms with van der Waals surface area (Å²) in [6, 6.07) is 2.67. The van der Waals surface area contributed by atoms with Crippen molar-refractivity contribution in [3.05, 3.63) is 17.5 Å². The third-order valence-electron chi connectivity index (χ3n) is 4.26. The van der Waals surface area contributed by atoms with Crippen LogP contribution in [0.5, 0.6) is 0 Å². The molecule has 2 unspecified atom stereocenters. The van der Waals surface area contributed by atoms with E-state index in [4.69, 9.17) is 5.73 Å². The molecule has 1 saturated carbocycles. The third-order valence-corrected chi connectivity index (χ3v) is 4.26. The highest BCUT2D eigenvalue weighted by molar-refractivity contribution is 5.11. The van der Waals surface area contributed by atoms with Gasteiger partial charge in [-0.1, -0.05) is 26.2 Å². The Balaban J connectivity index is 2.09. The SMILES string of the molecule is CCc1cc(CC2CCCCCC2N)n(CC)n1. The molecule has 1 fully saturated rings. The van der Waals surface area contributed by atoms with Gasteiger partial charge in [-0.2, -0.15) is 5.10 Å². The van der Waals surface area contributed by atoms with Gasteiger partial charge in [0.2, 0.25) is 0 Å². The van der Waals surface area contributed by atoms with Crippen molar-refractivity contribution in [3.63, 3.8) is 0 Å². The van der Waals surface area contributed by atoms with Gasteiger partial charge in [-0.25, -0.2) is 0 Å². The molecule has 0 bridgehead atoms. The van der Waals surface area contributed by atoms with Crippen molar-refractivity contribution in [1.82, 2.24) is 9.78 Å². The molecule has 1 aliphatic carbocycles. The first kappa shape index (κ1) is 13.6. The van der Waals surface area contributed by atoms with Gasteiger partial charge in [0.1, 0.15) is 0 Å². The van der Waals surface area contributed by atoms with Crippen LogP contribution >= 0.6 is 0 Å². The van der Waals surface area contributed by atoms with Gasteiger partial charge in [0, 0.05) is 18.3 Å². The summed E-state index contributed by atoms with van der Waals surface area (Å²) < 4.78 is 2.16. The fourth-order valence-electron chi connectivity index (χ4n) is 3.06. The molecule has 2 atom stereocenters. The predicted octanol–water partition coefficient (Wildman–Crippen LogP) is 2.92. The Kier molecular flexibility index (Phi) is 4.81. The zero-order valence-electron chi connectivity index (χ0n) is 11.9. The van der Waals surface area contributed by atoms with Gasteiger partial charge in [0.15, 0.2) is 0 Å². The summed E-state index contributed by atoms with van der Waals surface area (Å²) >= 11 is 0. The first-order chi connectivity index (χ1) is 8.74. The smallest absolute Gasteiger partial charge is 0.0624 e. The van der Waals surface area contributed by atoms with E-state index < -0.39 is 0 Å². The standard InChI is InChI=1S/C15H27N3/c1-3-13-11-14(18(4-2)17-13)10-12-8-6-5-7-9-15(12)16/h11-12,15H,3-10,16H2,1-2H3. The second-order valence-corrected chi connectivity index (χ2v) is 5.56. The van der Waals surface area contributed by atoms with Crippen LogP contribution in [0.1, 0.15) is 57.3 Å². The Labute approximate surface area is 111 Å². The molecule has 1 aromatic heterocycles. The third kappa shape index (κ3) is 3.14. The van der Waals surface area contributed by atoms with Gasteiger partial charge < -0.3 is 5.73 Å². The summed E-state index contributed by atoms with van der Waals surface area (Å²) in [5.41, 5.74) is 8.93. The molecule has 1 aromatic rings. The maximum Gasteiger partial charge on any atom is 0.0624 e. The molecule has 2 rings (SSSR count). The van der Waals surface area contributed by atoms with E-state index in [1.54, 1.807) is 0 Å². The van der Waals surface area contributed by atoms with Gasteiger partial charge in [-0.15, -0.1) is 0 Å². The average Bonchev–Trinajstić information content (AvgIpc) is 2.67. The number of hydrogen-bond donors (Lipinski definition) is 1. The van der Waals surface area contributed by atoms with Crippen LogP contribution in [-0.4, -0.2) is 15.8 Å². The molecule has 2 N–H and O–H groups in total. The Hall–Kier alpha value is -0.830. The lowest BCUT2D eigenvalue weighted by atomic mass is 9.90. The van der Waals surface area contributed by atoms with E-state index in [2.05, 4.69) is 29.7 Å². The van der Waals surface area contributed by atoms with Crippen molar-refractivity contribution in [2.45, 2.75) is 71.4 Å². The van der Waals surface area contributed by atoms with Crippen molar-refractivity contribution in [1.29, 1.82) is 0 Å². The maximum atomic E-state index is 6.33. The normalized spacial score (nSPS) is 25.1. The molecule has 18 heavy (non-hydrogen) atoms. The van der Waals surface area contributed by atoms with E-state index in [0.717, 1.165) is 19.4 Å². The molecule has 0 aromatic carbocycles. The lowest BCUT2D eigenvalue weighted by Crippen LogP contribution is -2.31. The average molecular weight is 249 g/mol. The molecular formula is C15H27N3. The van der Waals surface area contributed by atoms with Crippen LogP contribution in [0.2, 0.25) is 0 Å². The fourth-order valence-corrected chi connectivity index (χ4v) is 3.06. The summed E-state index contributed by atoms with van der Waals surface area (Å²) in [6.07, 6.45) is 8.64. The summed E-state index contributed by atoms with van der Waals surface area (Å²) in [6.45, 7) is 5.31. The largest absolute Gasteiger partial charge is 0.327 e. The van der Waals surface area contributed by atoms with Gasteiger partial charge >= 0.3 is 0 Å². The van der Waals surface area contributed by atoms with Gasteiger partial charge in [0.05, 0.1) is 5.69 Å². The van der Waals surface area contributed by atoms with E-state index in [1.807, 2.05) is 0 Å². The van der Waals surface area contributed by atoms with Gasteiger partial charge in [-0.3, -0.25) is 4.68 Å². The highest BCUT2D eigenvalue weighted by atomic mass is 15.3. The lowest BCUT2D eigenvalue weighted by molar-refractivity contribution is 0.384. The zero-order chi connectivity index (χ0) is 13.0. The molecule has 1 heterocycles. The Morgan fingerprint density at radius 2 is 2.06 bits per heavy atom. The number of rotatable bonds is 4. The zero-order valence-corrected chi connectivity index (χ0v) is 11.9. The van der Waals surface area contributed by atoms with Crippen molar-refractivity contribution >= 4 is 0 Å². The molecule has 3 nitrogen and oxygen atoms in total. The minimum absolute atomic E-state index is 0.387. The van der Waals surface area contributed by atoms with Crippen LogP contribution in [-0.2, 0) is 19.4 Å². The fraction of sp³-hybridized carbons (Fsp3) is 0.800. The van der Waals surface area contributed by atoms with Crippen LogP contribution in [0.4, 0.5) is 0 Å². The van der Waals surface area contributed by atoms with Crippen molar-refractivity contribution < 1.29 is 0 Å². The topological polar surface area (TPSA) is 43.8 Å². The van der Waals surface area contributed by atoms with E-state index in [9.17, 15) is 0 Å². The predicted molar refractivity (Wildman–Crippen MR) is 75.5 cm³/mol. The minimum atomic E-state index is 0.387. The Morgan fingerprint density at radius 1 is 1.28 bits per heavy atom. The molecule has 0 spiro atoms. The molecule has 1 aliphatic rings. The number of aryl methyl sites for hydroxylation is 2. The molecular weight excluding hydrogens is 222 g/mol. The van der Waals surface area contributed by atoms with Crippen LogP contribution in [0.15, 0.2) is 6.07 Å². The first-order valence-electron chi connectivity index (χ1n) is 7.55. The number of aromatic nitrogens is 2. The van der Waals surface area contributed by atoms with Crippen LogP contribution < -0.4 is 5.73 Å². The van der Waals surface area contributed by atoms with E-state index in [-0.39, 0.29) is 0 Å². The molecule has 0 amide bonds. The molecule has 0 aliphatic heterocycles. The molecule has 0 saturated heterocycles. The van der Waals surface area contributed by atoms with Gasteiger partial charge in [0.25, 0.3) is 0 Å². The highest BCUT2D eigenvalue weighted by Crippen LogP contribution is 2.25. The van der Waals surface area contributed by atoms with Crippen LogP contribution in [0.3, 0.4) is 0 Å². The second-order valence-electron chi connectivity index (χ2n) is 5.56.